The van der Waals surface area contributed by atoms with E-state index in [0.717, 1.165) is 0 Å². The molecule has 1 aromatic carbocycles. The van der Waals surface area contributed by atoms with Crippen molar-refractivity contribution in [3.8, 4) is 0 Å². The number of carboxylic acids is 1. The Balaban J connectivity index is 0.000000722. The van der Waals surface area contributed by atoms with E-state index in [1.165, 1.54) is 18.7 Å². The Bertz CT molecular complexity index is 889. The van der Waals surface area contributed by atoms with E-state index in [4.69, 9.17) is 20.4 Å². The van der Waals surface area contributed by atoms with Crippen LogP contribution in [0.2, 0.25) is 0 Å². The van der Waals surface area contributed by atoms with Crippen LogP contribution in [-0.4, -0.2) is 100 Å². The van der Waals surface area contributed by atoms with Crippen LogP contribution in [0.1, 0.15) is 24.2 Å². The van der Waals surface area contributed by atoms with E-state index in [1.54, 1.807) is 14.1 Å². The lowest BCUT2D eigenvalue weighted by Crippen LogP contribution is -2.48. The van der Waals surface area contributed by atoms with Crippen molar-refractivity contribution in [2.75, 3.05) is 37.5 Å². The molecule has 194 valence electrons. The molecule has 0 unspecified atom stereocenters. The smallest absolute Gasteiger partial charge is 0.338 e. The molecule has 4 atom stereocenters. The van der Waals surface area contributed by atoms with Crippen molar-refractivity contribution in [3.63, 3.8) is 0 Å². The maximum absolute atomic E-state index is 11.6. The minimum absolute atomic E-state index is 0.0727. The molecule has 0 heterocycles. The summed E-state index contributed by atoms with van der Waals surface area (Å²) >= 11 is 5.80. The summed E-state index contributed by atoms with van der Waals surface area (Å²) in [6.45, 7) is 2.17. The number of anilines is 2. The third kappa shape index (κ3) is 9.22. The zero-order valence-corrected chi connectivity index (χ0v) is 25.2. The minimum Gasteiger partial charge on any atom is -0.478 e. The zero-order valence-electron chi connectivity index (χ0n) is 18.7. The SMILES string of the molecule is CC(=O)Nc1c(I)c(C(=O)O)c(I)c(N(C)C(C)=O)c1I.CNC[C@H](O)[C@@H](O)[C@H](O)[C@H](O)CO. The molecule has 15 heteroatoms. The number of carboxylic acid groups (broad SMARTS) is 1. The van der Waals surface area contributed by atoms with Gasteiger partial charge < -0.3 is 46.2 Å². The highest BCUT2D eigenvalue weighted by Gasteiger charge is 2.29. The lowest BCUT2D eigenvalue weighted by molar-refractivity contribution is -0.116. The number of hydrogen-bond acceptors (Lipinski definition) is 9. The fourth-order valence-corrected chi connectivity index (χ4v) is 7.09. The Hall–Kier alpha value is -0.420. The Morgan fingerprint density at radius 2 is 1.44 bits per heavy atom. The van der Waals surface area contributed by atoms with Gasteiger partial charge in [-0.2, -0.15) is 0 Å². The minimum atomic E-state index is -1.55. The van der Waals surface area contributed by atoms with Gasteiger partial charge in [-0.1, -0.05) is 0 Å². The second-order valence-electron chi connectivity index (χ2n) is 6.96. The number of nitrogens with one attached hydrogen (secondary N) is 2. The van der Waals surface area contributed by atoms with Crippen LogP contribution in [0.5, 0.6) is 0 Å². The van der Waals surface area contributed by atoms with Crippen LogP contribution >= 0.6 is 67.8 Å². The third-order valence-electron chi connectivity index (χ3n) is 4.36. The summed E-state index contributed by atoms with van der Waals surface area (Å²) in [5.74, 6) is -1.64. The van der Waals surface area contributed by atoms with Gasteiger partial charge in [-0.25, -0.2) is 4.79 Å². The lowest BCUT2D eigenvalue weighted by Gasteiger charge is -2.25. The number of hydrogen-bond donors (Lipinski definition) is 8. The Morgan fingerprint density at radius 1 is 0.941 bits per heavy atom. The molecule has 1 rings (SSSR count). The summed E-state index contributed by atoms with van der Waals surface area (Å²) < 4.78 is 1.52. The van der Waals surface area contributed by atoms with Crippen molar-refractivity contribution in [1.82, 2.24) is 5.32 Å². The number of aliphatic hydroxyl groups excluding tert-OH is 5. The molecule has 0 bridgehead atoms. The highest BCUT2D eigenvalue weighted by Crippen LogP contribution is 2.40. The van der Waals surface area contributed by atoms with Gasteiger partial charge in [0, 0.05) is 27.4 Å². The van der Waals surface area contributed by atoms with Crippen molar-refractivity contribution in [2.24, 2.45) is 0 Å². The van der Waals surface area contributed by atoms with Gasteiger partial charge in [0.25, 0.3) is 0 Å². The van der Waals surface area contributed by atoms with E-state index in [0.29, 0.717) is 22.1 Å². The predicted molar refractivity (Wildman–Crippen MR) is 150 cm³/mol. The number of carbonyl (C=O) groups excluding carboxylic acids is 2. The highest BCUT2D eigenvalue weighted by molar-refractivity contribution is 14.1. The van der Waals surface area contributed by atoms with Crippen LogP contribution in [0.4, 0.5) is 11.4 Å². The molecule has 0 aliphatic heterocycles. The normalized spacial score (nSPS) is 14.2. The van der Waals surface area contributed by atoms with Gasteiger partial charge in [0.1, 0.15) is 18.3 Å². The first-order valence-electron chi connectivity index (χ1n) is 9.57. The highest BCUT2D eigenvalue weighted by atomic mass is 127. The van der Waals surface area contributed by atoms with Gasteiger partial charge in [0.05, 0.1) is 40.4 Å². The number of aliphatic hydroxyl groups is 5. The summed E-state index contributed by atoms with van der Waals surface area (Å²) in [6, 6.07) is 0. The number of amides is 2. The Labute approximate surface area is 237 Å². The Morgan fingerprint density at radius 3 is 1.82 bits per heavy atom. The summed E-state index contributed by atoms with van der Waals surface area (Å²) in [4.78, 5) is 35.9. The van der Waals surface area contributed by atoms with Crippen molar-refractivity contribution in [3.05, 3.63) is 16.3 Å². The van der Waals surface area contributed by atoms with Gasteiger partial charge >= 0.3 is 5.97 Å². The first kappa shape index (κ1) is 33.6. The van der Waals surface area contributed by atoms with Crippen molar-refractivity contribution in [2.45, 2.75) is 38.3 Å². The van der Waals surface area contributed by atoms with Gasteiger partial charge in [-0.15, -0.1) is 0 Å². The maximum atomic E-state index is 11.6. The number of carbonyl (C=O) groups is 3. The number of likely N-dealkylation sites (N-methyl/N-ethyl adjacent to an activating group) is 1. The number of rotatable bonds is 9. The standard InChI is InChI=1S/C12H11I3N2O4.C7H17NO5/c1-4(18)16-10-7(13)6(12(20)21)8(14)11(9(10)15)17(3)5(2)19;1-8-2-4(10)6(12)7(13)5(11)3-9/h1-3H3,(H,16,18)(H,20,21);4-13H,2-3H2,1H3/t;4-,5+,6+,7+/m.0/s1. The van der Waals surface area contributed by atoms with Crippen molar-refractivity contribution in [1.29, 1.82) is 0 Å². The summed E-state index contributed by atoms with van der Waals surface area (Å²) in [5.41, 5.74) is 0.957. The van der Waals surface area contributed by atoms with E-state index in [9.17, 15) is 24.6 Å². The largest absolute Gasteiger partial charge is 0.478 e. The average molecular weight is 823 g/mol. The fourth-order valence-electron chi connectivity index (χ4n) is 2.47. The van der Waals surface area contributed by atoms with Crippen molar-refractivity contribution < 1.29 is 45.0 Å². The van der Waals surface area contributed by atoms with Crippen LogP contribution in [0.15, 0.2) is 0 Å². The molecule has 0 aliphatic carbocycles. The molecule has 0 aliphatic rings. The van der Waals surface area contributed by atoms with E-state index in [-0.39, 0.29) is 23.9 Å². The predicted octanol–water partition coefficient (Wildman–Crippen LogP) is -0.219. The molecule has 1 aromatic rings. The second kappa shape index (κ2) is 15.6. The molecule has 0 fully saturated rings. The molecule has 0 saturated heterocycles. The molecular weight excluding hydrogens is 795 g/mol. The van der Waals surface area contributed by atoms with Gasteiger partial charge in [0.15, 0.2) is 0 Å². The first-order valence-corrected chi connectivity index (χ1v) is 12.8. The molecule has 34 heavy (non-hydrogen) atoms. The molecule has 8 N–H and O–H groups in total. The molecule has 0 aromatic heterocycles. The van der Waals surface area contributed by atoms with Crippen molar-refractivity contribution >= 4 is 96.9 Å². The van der Waals surface area contributed by atoms with Gasteiger partial charge in [-0.3, -0.25) is 9.59 Å². The van der Waals surface area contributed by atoms with Crippen LogP contribution in [-0.2, 0) is 9.59 Å². The van der Waals surface area contributed by atoms with E-state index in [1.807, 2.05) is 67.8 Å². The summed E-state index contributed by atoms with van der Waals surface area (Å²) in [7, 11) is 3.14. The summed E-state index contributed by atoms with van der Waals surface area (Å²) in [5, 5.41) is 59.5. The van der Waals surface area contributed by atoms with Crippen LogP contribution < -0.4 is 15.5 Å². The van der Waals surface area contributed by atoms with Gasteiger partial charge in [-0.05, 0) is 74.8 Å². The number of nitrogens with zero attached hydrogens (tertiary/aromatic N) is 1. The molecule has 0 spiro atoms. The molecule has 12 nitrogen and oxygen atoms in total. The Kier molecular flexibility index (Phi) is 15.4. The second-order valence-corrected chi connectivity index (χ2v) is 10.2. The molecular formula is C19H28I3N3O9. The van der Waals surface area contributed by atoms with E-state index >= 15 is 0 Å². The monoisotopic (exact) mass is 823 g/mol. The maximum Gasteiger partial charge on any atom is 0.338 e. The quantitative estimate of drug-likeness (QED) is 0.154. The van der Waals surface area contributed by atoms with Crippen LogP contribution in [0.3, 0.4) is 0 Å². The average Bonchev–Trinajstić information content (AvgIpc) is 2.75. The summed E-state index contributed by atoms with van der Waals surface area (Å²) in [6.07, 6.45) is -5.65. The number of halogens is 3. The zero-order chi connectivity index (χ0) is 26.9. The number of benzene rings is 1. The first-order chi connectivity index (χ1) is 15.6. The third-order valence-corrected chi connectivity index (χ3v) is 7.53. The fraction of sp³-hybridized carbons (Fsp3) is 0.526. The van der Waals surface area contributed by atoms with E-state index < -0.39 is 37.0 Å². The number of aromatic carboxylic acids is 1. The molecule has 0 saturated carbocycles. The van der Waals surface area contributed by atoms with Gasteiger partial charge in [0.2, 0.25) is 11.8 Å². The van der Waals surface area contributed by atoms with Crippen LogP contribution in [0, 0.1) is 10.7 Å². The molecule has 2 amide bonds. The topological polar surface area (TPSA) is 200 Å². The van der Waals surface area contributed by atoms with E-state index in [2.05, 4.69) is 10.6 Å². The lowest BCUT2D eigenvalue weighted by atomic mass is 10.0. The molecule has 0 radical (unpaired) electrons. The van der Waals surface area contributed by atoms with Crippen LogP contribution in [0.25, 0.3) is 0 Å².